The van der Waals surface area contributed by atoms with Crippen LogP contribution >= 0.6 is 0 Å². The lowest BCUT2D eigenvalue weighted by molar-refractivity contribution is 0.348. The van der Waals surface area contributed by atoms with Crippen LogP contribution in [0.25, 0.3) is 0 Å². The molecule has 1 aliphatic carbocycles. The van der Waals surface area contributed by atoms with Crippen molar-refractivity contribution in [1.82, 2.24) is 0 Å². The van der Waals surface area contributed by atoms with E-state index >= 15 is 0 Å². The van der Waals surface area contributed by atoms with Crippen molar-refractivity contribution in [3.05, 3.63) is 35.9 Å². The predicted octanol–water partition coefficient (Wildman–Crippen LogP) is 2.94. The first-order valence-corrected chi connectivity index (χ1v) is 5.93. The molecular weight excluding hydrogens is 167 g/mol. The Labute approximate surface area is 88.1 Å². The Hall–Kier alpha value is -0.715. The van der Waals surface area contributed by atoms with Gasteiger partial charge in [-0.15, -0.1) is 0 Å². The van der Waals surface area contributed by atoms with Crippen molar-refractivity contribution >= 4 is 7.85 Å². The van der Waals surface area contributed by atoms with E-state index in [2.05, 4.69) is 38.2 Å². The standard InChI is InChI=1S/C13H19B/c14-13(11-7-3-1-4-8-11)12-9-5-2-6-10-12/h1,3-4,7-8,12-13H,2,5-6,9-10,14H2. The van der Waals surface area contributed by atoms with E-state index in [0.717, 1.165) is 11.7 Å². The summed E-state index contributed by atoms with van der Waals surface area (Å²) in [5.41, 5.74) is 1.53. The summed E-state index contributed by atoms with van der Waals surface area (Å²) in [5, 5.41) is 0. The topological polar surface area (TPSA) is 0 Å². The fraction of sp³-hybridized carbons (Fsp3) is 0.538. The molecular formula is C13H19B. The van der Waals surface area contributed by atoms with Crippen LogP contribution in [-0.4, -0.2) is 7.85 Å². The van der Waals surface area contributed by atoms with Crippen LogP contribution in [0.5, 0.6) is 0 Å². The molecule has 74 valence electrons. The molecule has 0 nitrogen and oxygen atoms in total. The van der Waals surface area contributed by atoms with Gasteiger partial charge in [0, 0.05) is 0 Å². The average Bonchev–Trinajstić information content (AvgIpc) is 2.30. The Morgan fingerprint density at radius 3 is 2.29 bits per heavy atom. The van der Waals surface area contributed by atoms with Gasteiger partial charge in [-0.3, -0.25) is 0 Å². The Kier molecular flexibility index (Phi) is 3.28. The zero-order valence-corrected chi connectivity index (χ0v) is 9.08. The van der Waals surface area contributed by atoms with Crippen molar-refractivity contribution in [2.24, 2.45) is 5.92 Å². The van der Waals surface area contributed by atoms with Crippen molar-refractivity contribution in [3.8, 4) is 0 Å². The molecule has 0 saturated heterocycles. The van der Waals surface area contributed by atoms with Gasteiger partial charge in [0.25, 0.3) is 0 Å². The van der Waals surface area contributed by atoms with E-state index in [0.29, 0.717) is 0 Å². The van der Waals surface area contributed by atoms with Crippen LogP contribution in [0, 0.1) is 5.92 Å². The number of hydrogen-bond donors (Lipinski definition) is 0. The normalized spacial score (nSPS) is 20.6. The van der Waals surface area contributed by atoms with Crippen LogP contribution in [0.3, 0.4) is 0 Å². The molecule has 0 bridgehead atoms. The molecule has 0 radical (unpaired) electrons. The number of hydrogen-bond acceptors (Lipinski definition) is 0. The second kappa shape index (κ2) is 4.68. The minimum atomic E-state index is 0.761. The molecule has 2 rings (SSSR count). The molecule has 1 heteroatoms. The Morgan fingerprint density at radius 1 is 1.00 bits per heavy atom. The lowest BCUT2D eigenvalue weighted by atomic mass is 9.67. The van der Waals surface area contributed by atoms with E-state index in [1.54, 1.807) is 0 Å². The average molecular weight is 186 g/mol. The van der Waals surface area contributed by atoms with Crippen LogP contribution < -0.4 is 0 Å². The summed E-state index contributed by atoms with van der Waals surface area (Å²) in [6.45, 7) is 0. The maximum absolute atomic E-state index is 2.39. The van der Waals surface area contributed by atoms with E-state index in [4.69, 9.17) is 0 Å². The molecule has 0 N–H and O–H groups in total. The van der Waals surface area contributed by atoms with Crippen LogP contribution in [0.2, 0.25) is 0 Å². The second-order valence-electron chi connectivity index (χ2n) is 4.60. The molecule has 1 aromatic rings. The minimum Gasteiger partial charge on any atom is -0.0622 e. The highest BCUT2D eigenvalue weighted by Crippen LogP contribution is 2.33. The zero-order valence-electron chi connectivity index (χ0n) is 9.08. The van der Waals surface area contributed by atoms with Crippen molar-refractivity contribution in [2.75, 3.05) is 0 Å². The molecule has 0 spiro atoms. The van der Waals surface area contributed by atoms with Crippen molar-refractivity contribution in [3.63, 3.8) is 0 Å². The fourth-order valence-corrected chi connectivity index (χ4v) is 2.66. The van der Waals surface area contributed by atoms with Gasteiger partial charge >= 0.3 is 0 Å². The van der Waals surface area contributed by atoms with E-state index in [1.807, 2.05) is 0 Å². The molecule has 0 heterocycles. The van der Waals surface area contributed by atoms with Gasteiger partial charge in [0.15, 0.2) is 0 Å². The summed E-state index contributed by atoms with van der Waals surface area (Å²) < 4.78 is 0. The highest BCUT2D eigenvalue weighted by atomic mass is 14.2. The van der Waals surface area contributed by atoms with Crippen LogP contribution in [0.15, 0.2) is 30.3 Å². The Morgan fingerprint density at radius 2 is 1.64 bits per heavy atom. The fourth-order valence-electron chi connectivity index (χ4n) is 2.66. The summed E-state index contributed by atoms with van der Waals surface area (Å²) in [4.78, 5) is 0. The first kappa shape index (κ1) is 9.83. The van der Waals surface area contributed by atoms with Crippen LogP contribution in [0.1, 0.15) is 43.5 Å². The van der Waals surface area contributed by atoms with Crippen molar-refractivity contribution < 1.29 is 0 Å². The molecule has 1 saturated carbocycles. The molecule has 14 heavy (non-hydrogen) atoms. The SMILES string of the molecule is BC(c1ccccc1)C1CCCCC1. The van der Waals surface area contributed by atoms with Gasteiger partial charge in [-0.1, -0.05) is 68.0 Å². The van der Waals surface area contributed by atoms with E-state index in [1.165, 1.54) is 37.7 Å². The van der Waals surface area contributed by atoms with Gasteiger partial charge < -0.3 is 0 Å². The molecule has 1 unspecified atom stereocenters. The predicted molar refractivity (Wildman–Crippen MR) is 64.3 cm³/mol. The van der Waals surface area contributed by atoms with E-state index in [-0.39, 0.29) is 0 Å². The summed E-state index contributed by atoms with van der Waals surface area (Å²) in [6.07, 6.45) is 7.23. The smallest absolute Gasteiger partial charge is 0.0622 e. The third kappa shape index (κ3) is 2.20. The highest BCUT2D eigenvalue weighted by Gasteiger charge is 2.20. The van der Waals surface area contributed by atoms with Gasteiger partial charge in [0.2, 0.25) is 0 Å². The minimum absolute atomic E-state index is 0.761. The second-order valence-corrected chi connectivity index (χ2v) is 4.60. The molecule has 0 aromatic heterocycles. The molecule has 0 aliphatic heterocycles. The van der Waals surface area contributed by atoms with Gasteiger partial charge in [-0.2, -0.15) is 0 Å². The lowest BCUT2D eigenvalue weighted by Crippen LogP contribution is -2.16. The number of benzene rings is 1. The maximum atomic E-state index is 2.39. The summed E-state index contributed by atoms with van der Waals surface area (Å²) in [6, 6.07) is 11.0. The van der Waals surface area contributed by atoms with Crippen molar-refractivity contribution in [2.45, 2.75) is 37.9 Å². The van der Waals surface area contributed by atoms with Gasteiger partial charge in [-0.25, -0.2) is 0 Å². The van der Waals surface area contributed by atoms with Gasteiger partial charge in [0.1, 0.15) is 7.85 Å². The molecule has 1 aromatic carbocycles. The molecule has 1 atom stereocenters. The summed E-state index contributed by atoms with van der Waals surface area (Å²) >= 11 is 0. The number of rotatable bonds is 2. The lowest BCUT2D eigenvalue weighted by Gasteiger charge is -2.28. The maximum Gasteiger partial charge on any atom is 0.111 e. The first-order valence-electron chi connectivity index (χ1n) is 5.93. The third-order valence-electron chi connectivity index (χ3n) is 3.68. The largest absolute Gasteiger partial charge is 0.111 e. The molecule has 1 fully saturated rings. The highest BCUT2D eigenvalue weighted by molar-refractivity contribution is 6.12. The van der Waals surface area contributed by atoms with E-state index < -0.39 is 0 Å². The zero-order chi connectivity index (χ0) is 9.80. The first-order chi connectivity index (χ1) is 6.88. The van der Waals surface area contributed by atoms with Crippen molar-refractivity contribution in [1.29, 1.82) is 0 Å². The third-order valence-corrected chi connectivity index (χ3v) is 3.68. The molecule has 1 aliphatic rings. The van der Waals surface area contributed by atoms with Crippen LogP contribution in [-0.2, 0) is 0 Å². The monoisotopic (exact) mass is 186 g/mol. The van der Waals surface area contributed by atoms with Gasteiger partial charge in [0.05, 0.1) is 0 Å². The summed E-state index contributed by atoms with van der Waals surface area (Å²) in [5.74, 6) is 1.70. The Bertz CT molecular complexity index is 262. The van der Waals surface area contributed by atoms with E-state index in [9.17, 15) is 0 Å². The Balaban J connectivity index is 2.03. The van der Waals surface area contributed by atoms with Gasteiger partial charge in [-0.05, 0) is 11.7 Å². The molecule has 0 amide bonds. The quantitative estimate of drug-likeness (QED) is 0.623. The van der Waals surface area contributed by atoms with Crippen LogP contribution in [0.4, 0.5) is 0 Å². The summed E-state index contributed by atoms with van der Waals surface area (Å²) in [7, 11) is 2.39.